The van der Waals surface area contributed by atoms with E-state index in [9.17, 15) is 0 Å². The third kappa shape index (κ3) is 2.62. The van der Waals surface area contributed by atoms with Gasteiger partial charge in [0.05, 0.1) is 0 Å². The van der Waals surface area contributed by atoms with E-state index in [2.05, 4.69) is 13.8 Å². The van der Waals surface area contributed by atoms with Gasteiger partial charge in [0, 0.05) is 0 Å². The molecule has 0 fully saturated rings. The largest absolute Gasteiger partial charge is 0.508 e. The highest BCUT2D eigenvalue weighted by Crippen LogP contribution is 2.12. The molecule has 0 heterocycles. The molecule has 0 unspecified atom stereocenters. The zero-order valence-corrected chi connectivity index (χ0v) is 7.04. The van der Waals surface area contributed by atoms with Crippen LogP contribution in [0, 0.1) is 5.92 Å². The van der Waals surface area contributed by atoms with Crippen molar-refractivity contribution < 1.29 is 5.11 Å². The lowest BCUT2D eigenvalue weighted by atomic mass is 10.0. The van der Waals surface area contributed by atoms with Crippen LogP contribution >= 0.6 is 0 Å². The van der Waals surface area contributed by atoms with Crippen LogP contribution in [-0.4, -0.2) is 5.11 Å². The first-order valence-electron chi connectivity index (χ1n) is 3.96. The van der Waals surface area contributed by atoms with E-state index in [-0.39, 0.29) is 0 Å². The normalized spacial score (nSPS) is 10.5. The number of aromatic hydroxyl groups is 1. The minimum atomic E-state index is 0.345. The molecule has 1 N–H and O–H groups in total. The molecule has 0 aromatic heterocycles. The van der Waals surface area contributed by atoms with Gasteiger partial charge >= 0.3 is 0 Å². The van der Waals surface area contributed by atoms with Gasteiger partial charge in [-0.3, -0.25) is 0 Å². The maximum Gasteiger partial charge on any atom is 0.115 e. The van der Waals surface area contributed by atoms with Crippen LogP contribution in [0.25, 0.3) is 0 Å². The molecule has 0 bridgehead atoms. The second-order valence-corrected chi connectivity index (χ2v) is 3.26. The van der Waals surface area contributed by atoms with Gasteiger partial charge in [-0.2, -0.15) is 0 Å². The van der Waals surface area contributed by atoms with Gasteiger partial charge in [-0.15, -0.1) is 0 Å². The van der Waals surface area contributed by atoms with Gasteiger partial charge in [-0.25, -0.2) is 0 Å². The van der Waals surface area contributed by atoms with Crippen LogP contribution in [0.15, 0.2) is 24.3 Å². The number of hydrogen-bond acceptors (Lipinski definition) is 1. The lowest BCUT2D eigenvalue weighted by molar-refractivity contribution is 0.475. The summed E-state index contributed by atoms with van der Waals surface area (Å²) in [5.41, 5.74) is 1.29. The minimum Gasteiger partial charge on any atom is -0.508 e. The van der Waals surface area contributed by atoms with Gasteiger partial charge in [0.1, 0.15) is 5.75 Å². The number of benzene rings is 1. The molecule has 0 aliphatic carbocycles. The van der Waals surface area contributed by atoms with E-state index in [1.807, 2.05) is 12.1 Å². The van der Waals surface area contributed by atoms with Crippen molar-refractivity contribution in [1.29, 1.82) is 0 Å². The van der Waals surface area contributed by atoms with E-state index in [0.29, 0.717) is 11.7 Å². The number of phenolic OH excluding ortho intramolecular Hbond substituents is 1. The molecule has 1 aromatic carbocycles. The summed E-state index contributed by atoms with van der Waals surface area (Å²) >= 11 is 0. The van der Waals surface area contributed by atoms with E-state index in [0.717, 1.165) is 6.42 Å². The topological polar surface area (TPSA) is 20.2 Å². The Hall–Kier alpha value is -0.980. The summed E-state index contributed by atoms with van der Waals surface area (Å²) in [6.45, 7) is 4.37. The highest BCUT2D eigenvalue weighted by atomic mass is 16.3. The third-order valence-corrected chi connectivity index (χ3v) is 1.58. The summed E-state index contributed by atoms with van der Waals surface area (Å²) in [6, 6.07) is 7.40. The predicted molar refractivity (Wildman–Crippen MR) is 46.6 cm³/mol. The average Bonchev–Trinajstić information content (AvgIpc) is 1.93. The molecule has 1 aromatic rings. The van der Waals surface area contributed by atoms with Gasteiger partial charge < -0.3 is 5.11 Å². The zero-order chi connectivity index (χ0) is 8.27. The fourth-order valence-corrected chi connectivity index (χ4v) is 1.10. The molecule has 0 atom stereocenters. The standard InChI is InChI=1S/C10H14O/c1-8(2)7-9-3-5-10(11)6-4-9/h3-6,8,11H,7H2,1-2H3. The fraction of sp³-hybridized carbons (Fsp3) is 0.400. The van der Waals surface area contributed by atoms with E-state index in [1.54, 1.807) is 12.1 Å². The predicted octanol–water partition coefficient (Wildman–Crippen LogP) is 2.59. The molecule has 0 spiro atoms. The Morgan fingerprint density at radius 1 is 1.18 bits per heavy atom. The summed E-state index contributed by atoms with van der Waals surface area (Å²) in [7, 11) is 0. The third-order valence-electron chi connectivity index (χ3n) is 1.58. The second-order valence-electron chi connectivity index (χ2n) is 3.26. The summed E-state index contributed by atoms with van der Waals surface area (Å²) in [4.78, 5) is 0. The molecule has 0 saturated carbocycles. The molecular formula is C10H14O. The fourth-order valence-electron chi connectivity index (χ4n) is 1.10. The SMILES string of the molecule is CC(C)Cc1ccc(O)cc1. The van der Waals surface area contributed by atoms with E-state index >= 15 is 0 Å². The van der Waals surface area contributed by atoms with Crippen LogP contribution in [0.5, 0.6) is 5.75 Å². The van der Waals surface area contributed by atoms with Crippen molar-refractivity contribution in [3.8, 4) is 5.75 Å². The second kappa shape index (κ2) is 3.42. The molecule has 0 aliphatic rings. The first-order valence-corrected chi connectivity index (χ1v) is 3.96. The van der Waals surface area contributed by atoms with Crippen LogP contribution in [-0.2, 0) is 6.42 Å². The molecule has 0 amide bonds. The number of rotatable bonds is 2. The van der Waals surface area contributed by atoms with Gasteiger partial charge in [0.2, 0.25) is 0 Å². The summed E-state index contributed by atoms with van der Waals surface area (Å²) in [5.74, 6) is 1.03. The molecule has 0 radical (unpaired) electrons. The van der Waals surface area contributed by atoms with E-state index < -0.39 is 0 Å². The Kier molecular flexibility index (Phi) is 2.53. The summed E-state index contributed by atoms with van der Waals surface area (Å²) in [5, 5.41) is 8.99. The lowest BCUT2D eigenvalue weighted by Gasteiger charge is -2.03. The minimum absolute atomic E-state index is 0.345. The number of hydrogen-bond donors (Lipinski definition) is 1. The average molecular weight is 150 g/mol. The maximum absolute atomic E-state index is 8.99. The molecule has 1 rings (SSSR count). The lowest BCUT2D eigenvalue weighted by Crippen LogP contribution is -1.92. The summed E-state index contributed by atoms with van der Waals surface area (Å²) in [6.07, 6.45) is 1.08. The smallest absolute Gasteiger partial charge is 0.115 e. The Morgan fingerprint density at radius 2 is 1.73 bits per heavy atom. The Bertz CT molecular complexity index is 211. The van der Waals surface area contributed by atoms with E-state index in [4.69, 9.17) is 5.11 Å². The molecule has 60 valence electrons. The first-order chi connectivity index (χ1) is 5.18. The van der Waals surface area contributed by atoms with Gasteiger partial charge in [-0.1, -0.05) is 26.0 Å². The Morgan fingerprint density at radius 3 is 2.18 bits per heavy atom. The molecule has 1 heteroatoms. The van der Waals surface area contributed by atoms with Gasteiger partial charge in [0.15, 0.2) is 0 Å². The van der Waals surface area contributed by atoms with Crippen LogP contribution < -0.4 is 0 Å². The highest BCUT2D eigenvalue weighted by Gasteiger charge is 1.96. The highest BCUT2D eigenvalue weighted by molar-refractivity contribution is 5.25. The number of phenols is 1. The van der Waals surface area contributed by atoms with Crippen molar-refractivity contribution in [2.75, 3.05) is 0 Å². The molecule has 0 aliphatic heterocycles. The summed E-state index contributed by atoms with van der Waals surface area (Å²) < 4.78 is 0. The molecular weight excluding hydrogens is 136 g/mol. The first kappa shape index (κ1) is 8.12. The molecule has 1 nitrogen and oxygen atoms in total. The zero-order valence-electron chi connectivity index (χ0n) is 7.04. The van der Waals surface area contributed by atoms with Crippen molar-refractivity contribution in [3.05, 3.63) is 29.8 Å². The van der Waals surface area contributed by atoms with Crippen LogP contribution in [0.2, 0.25) is 0 Å². The van der Waals surface area contributed by atoms with Crippen molar-refractivity contribution in [3.63, 3.8) is 0 Å². The quantitative estimate of drug-likeness (QED) is 0.687. The van der Waals surface area contributed by atoms with Gasteiger partial charge in [0.25, 0.3) is 0 Å². The maximum atomic E-state index is 8.99. The van der Waals surface area contributed by atoms with E-state index in [1.165, 1.54) is 5.56 Å². The van der Waals surface area contributed by atoms with Crippen molar-refractivity contribution in [2.24, 2.45) is 5.92 Å². The van der Waals surface area contributed by atoms with Crippen molar-refractivity contribution >= 4 is 0 Å². The van der Waals surface area contributed by atoms with Crippen LogP contribution in [0.3, 0.4) is 0 Å². The Labute approximate surface area is 67.7 Å². The van der Waals surface area contributed by atoms with Crippen molar-refractivity contribution in [1.82, 2.24) is 0 Å². The monoisotopic (exact) mass is 150 g/mol. The van der Waals surface area contributed by atoms with Crippen molar-refractivity contribution in [2.45, 2.75) is 20.3 Å². The van der Waals surface area contributed by atoms with Gasteiger partial charge in [-0.05, 0) is 30.0 Å². The van der Waals surface area contributed by atoms with Crippen LogP contribution in [0.1, 0.15) is 19.4 Å². The van der Waals surface area contributed by atoms with Crippen LogP contribution in [0.4, 0.5) is 0 Å². The molecule has 0 saturated heterocycles. The molecule has 11 heavy (non-hydrogen) atoms. The Balaban J connectivity index is 2.66.